The molecule has 0 radical (unpaired) electrons. The predicted octanol–water partition coefficient (Wildman–Crippen LogP) is 8.04. The summed E-state index contributed by atoms with van der Waals surface area (Å²) in [5.41, 5.74) is 3.87. The Hall–Kier alpha value is -3.74. The number of rotatable bonds is 8. The number of hydrogen-bond donors (Lipinski definition) is 3. The predicted molar refractivity (Wildman–Crippen MR) is 186 cm³/mol. The maximum absolute atomic E-state index is 15.5. The molecule has 2 unspecified atom stereocenters. The van der Waals surface area contributed by atoms with Gasteiger partial charge in [0.15, 0.2) is 0 Å². The lowest BCUT2D eigenvalue weighted by Crippen LogP contribution is -2.58. The molecule has 0 spiro atoms. The fourth-order valence-corrected chi connectivity index (χ4v) is 8.92. The molecule has 2 amide bonds. The monoisotopic (exact) mass is 632 g/mol. The van der Waals surface area contributed by atoms with Crippen LogP contribution in [0.3, 0.4) is 0 Å². The Kier molecular flexibility index (Phi) is 8.60. The average molecular weight is 633 g/mol. The van der Waals surface area contributed by atoms with Crippen LogP contribution in [0.4, 0.5) is 0 Å². The van der Waals surface area contributed by atoms with Gasteiger partial charge < -0.3 is 20.8 Å². The minimum Gasteiger partial charge on any atom is -0.387 e. The van der Waals surface area contributed by atoms with Crippen LogP contribution in [0.15, 0.2) is 84.9 Å². The van der Waals surface area contributed by atoms with Gasteiger partial charge >= 0.3 is 0 Å². The van der Waals surface area contributed by atoms with E-state index in [9.17, 15) is 15.0 Å². The van der Waals surface area contributed by atoms with Gasteiger partial charge in [-0.2, -0.15) is 0 Å². The molecule has 6 heteroatoms. The van der Waals surface area contributed by atoms with Crippen molar-refractivity contribution >= 4 is 33.4 Å². The van der Waals surface area contributed by atoms with Crippen LogP contribution in [0.5, 0.6) is 0 Å². The lowest BCUT2D eigenvalue weighted by molar-refractivity contribution is -0.169. The summed E-state index contributed by atoms with van der Waals surface area (Å²) in [6, 6.07) is 26.8. The van der Waals surface area contributed by atoms with Crippen LogP contribution in [0, 0.1) is 5.41 Å². The molecule has 3 aliphatic rings. The molecule has 2 atom stereocenters. The van der Waals surface area contributed by atoms with E-state index < -0.39 is 34.6 Å². The van der Waals surface area contributed by atoms with Crippen LogP contribution in [0.1, 0.15) is 113 Å². The molecule has 4 aromatic carbocycles. The molecule has 246 valence electrons. The van der Waals surface area contributed by atoms with Crippen LogP contribution in [0.2, 0.25) is 0 Å². The summed E-state index contributed by atoms with van der Waals surface area (Å²) in [6.07, 6.45) is 10.2. The quantitative estimate of drug-likeness (QED) is 0.135. The zero-order valence-corrected chi connectivity index (χ0v) is 27.4. The molecule has 4 aromatic rings. The molecule has 0 bridgehead atoms. The summed E-state index contributed by atoms with van der Waals surface area (Å²) in [6.45, 7) is 0. The molecule has 6 nitrogen and oxygen atoms in total. The molecule has 0 aliphatic heterocycles. The lowest BCUT2D eigenvalue weighted by Gasteiger charge is -2.52. The minimum atomic E-state index is -1.35. The molecule has 3 saturated carbocycles. The molecular formula is C41H48N2O4. The maximum atomic E-state index is 15.5. The van der Waals surface area contributed by atoms with Crippen molar-refractivity contribution in [1.29, 1.82) is 0 Å². The molecule has 7 rings (SSSR count). The van der Waals surface area contributed by atoms with Crippen LogP contribution in [-0.2, 0) is 9.59 Å². The van der Waals surface area contributed by atoms with Crippen LogP contribution in [0.25, 0.3) is 21.5 Å². The molecule has 47 heavy (non-hydrogen) atoms. The molecule has 0 heterocycles. The van der Waals surface area contributed by atoms with E-state index in [2.05, 4.69) is 36.4 Å². The summed E-state index contributed by atoms with van der Waals surface area (Å²) in [5, 5.41) is 30.2. The molecular weight excluding hydrogens is 584 g/mol. The lowest BCUT2D eigenvalue weighted by atomic mass is 9.74. The maximum Gasteiger partial charge on any atom is 0.239 e. The van der Waals surface area contributed by atoms with Gasteiger partial charge in [-0.15, -0.1) is 0 Å². The van der Waals surface area contributed by atoms with Crippen LogP contribution < -0.4 is 5.73 Å². The number of primary amides is 1. The first-order valence-electron chi connectivity index (χ1n) is 17.8. The number of aliphatic hydroxyl groups is 2. The van der Waals surface area contributed by atoms with Gasteiger partial charge in [-0.1, -0.05) is 136 Å². The summed E-state index contributed by atoms with van der Waals surface area (Å²) in [5.74, 6) is -0.988. The Bertz CT molecular complexity index is 1640. The summed E-state index contributed by atoms with van der Waals surface area (Å²) in [7, 11) is 0. The highest BCUT2D eigenvalue weighted by molar-refractivity contribution is 6.08. The van der Waals surface area contributed by atoms with Gasteiger partial charge in [-0.05, 0) is 71.2 Å². The Morgan fingerprint density at radius 1 is 0.553 bits per heavy atom. The molecule has 0 aromatic heterocycles. The smallest absolute Gasteiger partial charge is 0.239 e. The second-order valence-electron chi connectivity index (χ2n) is 14.6. The zero-order chi connectivity index (χ0) is 32.6. The van der Waals surface area contributed by atoms with Crippen molar-refractivity contribution in [3.05, 3.63) is 96.1 Å². The first-order valence-corrected chi connectivity index (χ1v) is 17.8. The normalized spacial score (nSPS) is 21.7. The number of fused-ring (bicyclic) bond motifs is 2. The first-order chi connectivity index (χ1) is 22.8. The van der Waals surface area contributed by atoms with E-state index in [-0.39, 0.29) is 5.91 Å². The van der Waals surface area contributed by atoms with Crippen molar-refractivity contribution < 1.29 is 19.8 Å². The third kappa shape index (κ3) is 5.74. The number of carbonyl (C=O) groups is 2. The van der Waals surface area contributed by atoms with Gasteiger partial charge in [0.2, 0.25) is 11.8 Å². The highest BCUT2D eigenvalue weighted by Gasteiger charge is 2.62. The molecule has 4 N–H and O–H groups in total. The van der Waals surface area contributed by atoms with E-state index in [0.29, 0.717) is 38.5 Å². The van der Waals surface area contributed by atoms with E-state index >= 15 is 4.79 Å². The van der Waals surface area contributed by atoms with Gasteiger partial charge in [-0.25, -0.2) is 0 Å². The molecule has 3 fully saturated rings. The van der Waals surface area contributed by atoms with Crippen molar-refractivity contribution in [2.75, 3.05) is 0 Å². The fourth-order valence-electron chi connectivity index (χ4n) is 8.92. The Morgan fingerprint density at radius 2 is 0.936 bits per heavy atom. The second-order valence-corrected chi connectivity index (χ2v) is 14.6. The summed E-state index contributed by atoms with van der Waals surface area (Å²) in [4.78, 5) is 30.6. The third-order valence-electron chi connectivity index (χ3n) is 11.6. The zero-order valence-electron chi connectivity index (χ0n) is 27.4. The Labute approximate surface area is 278 Å². The van der Waals surface area contributed by atoms with E-state index in [4.69, 9.17) is 5.73 Å². The number of benzene rings is 4. The highest BCUT2D eigenvalue weighted by atomic mass is 16.3. The second kappa shape index (κ2) is 12.7. The van der Waals surface area contributed by atoms with Gasteiger partial charge in [0.25, 0.3) is 0 Å². The first kappa shape index (κ1) is 31.8. The molecule has 0 saturated heterocycles. The van der Waals surface area contributed by atoms with Gasteiger partial charge in [0, 0.05) is 0 Å². The van der Waals surface area contributed by atoms with E-state index in [1.54, 1.807) is 0 Å². The topological polar surface area (TPSA) is 104 Å². The Balaban J connectivity index is 1.57. The van der Waals surface area contributed by atoms with Crippen molar-refractivity contribution in [2.24, 2.45) is 11.1 Å². The van der Waals surface area contributed by atoms with E-state index in [0.717, 1.165) is 84.0 Å². The number of nitrogens with zero attached hydrogens (tertiary/aromatic N) is 1. The van der Waals surface area contributed by atoms with E-state index in [1.165, 1.54) is 0 Å². The minimum absolute atomic E-state index is 0.365. The van der Waals surface area contributed by atoms with Gasteiger partial charge in [0.1, 0.15) is 5.41 Å². The third-order valence-corrected chi connectivity index (χ3v) is 11.6. The number of amides is 2. The largest absolute Gasteiger partial charge is 0.387 e. The number of nitrogens with two attached hydrogens (primary N) is 1. The van der Waals surface area contributed by atoms with Gasteiger partial charge in [-0.3, -0.25) is 9.59 Å². The standard InChI is InChI=1S/C41H48N2O4/c42-37(44)39(27-28-39)38(45)43(35(40(46)23-9-1-2-10-24-40)33-21-13-17-29-15-5-7-19-31(29)33)36(41(47)25-11-3-4-12-26-41)34-22-14-18-30-16-6-8-20-32(30)34/h5-8,13-22,35-36,46-47H,1-4,9-12,23-28H2,(H2,42,44). The number of carbonyl (C=O) groups excluding carboxylic acids is 2. The van der Waals surface area contributed by atoms with Crippen LogP contribution in [-0.4, -0.2) is 38.1 Å². The SMILES string of the molecule is NC(=O)C1(C(=O)N(C(c2cccc3ccccc23)C2(O)CCCCCC2)C(c2cccc3ccccc23)C2(O)CCCCCC2)CC1. The highest BCUT2D eigenvalue weighted by Crippen LogP contribution is 2.56. The summed E-state index contributed by atoms with van der Waals surface area (Å²) < 4.78 is 0. The Morgan fingerprint density at radius 3 is 1.32 bits per heavy atom. The van der Waals surface area contributed by atoms with Gasteiger partial charge in [0.05, 0.1) is 23.3 Å². The molecule has 3 aliphatic carbocycles. The van der Waals surface area contributed by atoms with Crippen LogP contribution >= 0.6 is 0 Å². The number of hydrogen-bond acceptors (Lipinski definition) is 4. The summed E-state index contributed by atoms with van der Waals surface area (Å²) >= 11 is 0. The van der Waals surface area contributed by atoms with Crippen molar-refractivity contribution in [3.63, 3.8) is 0 Å². The van der Waals surface area contributed by atoms with Crippen molar-refractivity contribution in [1.82, 2.24) is 4.90 Å². The van der Waals surface area contributed by atoms with Crippen molar-refractivity contribution in [3.8, 4) is 0 Å². The fraction of sp³-hybridized carbons (Fsp3) is 0.463. The van der Waals surface area contributed by atoms with Crippen molar-refractivity contribution in [2.45, 2.75) is 113 Å². The van der Waals surface area contributed by atoms with E-state index in [1.807, 2.05) is 53.4 Å². The average Bonchev–Trinajstić information content (AvgIpc) is 3.94.